The van der Waals surface area contributed by atoms with Gasteiger partial charge in [-0.3, -0.25) is 4.79 Å². The molecule has 0 spiro atoms. The molecule has 0 aliphatic heterocycles. The summed E-state index contributed by atoms with van der Waals surface area (Å²) in [7, 11) is 0. The highest BCUT2D eigenvalue weighted by Crippen LogP contribution is 2.32. The minimum absolute atomic E-state index is 0.337. The molecule has 1 aromatic heterocycles. The number of rotatable bonds is 4. The van der Waals surface area contributed by atoms with Gasteiger partial charge in [0.2, 0.25) is 0 Å². The highest BCUT2D eigenvalue weighted by molar-refractivity contribution is 6.30. The van der Waals surface area contributed by atoms with Crippen LogP contribution in [0, 0.1) is 0 Å². The van der Waals surface area contributed by atoms with Crippen LogP contribution in [0.5, 0.6) is 0 Å². The number of carbonyl (C=O) groups is 2. The monoisotopic (exact) mass is 397 g/mol. The molecule has 1 saturated carbocycles. The van der Waals surface area contributed by atoms with Crippen LogP contribution in [0.25, 0.3) is 22.3 Å². The number of nitrogens with one attached hydrogen (secondary N) is 1. The Labute approximate surface area is 167 Å². The van der Waals surface area contributed by atoms with E-state index in [1.165, 1.54) is 0 Å². The van der Waals surface area contributed by atoms with E-state index in [1.54, 1.807) is 24.3 Å². The molecule has 6 heteroatoms. The molecule has 2 N–H and O–H groups in total. The number of amides is 1. The number of para-hydroxylation sites is 1. The van der Waals surface area contributed by atoms with Crippen molar-refractivity contribution in [3.05, 3.63) is 59.1 Å². The summed E-state index contributed by atoms with van der Waals surface area (Å²) in [6, 6.07) is 14.4. The predicted molar refractivity (Wildman–Crippen MR) is 108 cm³/mol. The second kappa shape index (κ2) is 7.32. The Balaban J connectivity index is 1.69. The van der Waals surface area contributed by atoms with Crippen molar-refractivity contribution in [3.8, 4) is 11.3 Å². The fourth-order valence-electron chi connectivity index (χ4n) is 3.83. The van der Waals surface area contributed by atoms with E-state index in [2.05, 4.69) is 5.32 Å². The number of aliphatic carboxylic acids is 1. The maximum atomic E-state index is 13.0. The topological polar surface area (TPSA) is 79.5 Å². The van der Waals surface area contributed by atoms with Crippen molar-refractivity contribution in [1.29, 1.82) is 0 Å². The minimum Gasteiger partial charge on any atom is -0.480 e. The molecule has 0 radical (unpaired) electrons. The van der Waals surface area contributed by atoms with Gasteiger partial charge in [0.1, 0.15) is 16.9 Å². The lowest BCUT2D eigenvalue weighted by Crippen LogP contribution is -2.55. The highest BCUT2D eigenvalue weighted by Gasteiger charge is 2.41. The van der Waals surface area contributed by atoms with Gasteiger partial charge in [-0.1, -0.05) is 43.0 Å². The molecule has 4 rings (SSSR count). The molecule has 144 valence electrons. The van der Waals surface area contributed by atoms with Gasteiger partial charge in [0.25, 0.3) is 5.91 Å². The molecule has 0 saturated heterocycles. The first kappa shape index (κ1) is 18.6. The molecule has 0 atom stereocenters. The number of hydrogen-bond donors (Lipinski definition) is 2. The third-order valence-corrected chi connectivity index (χ3v) is 5.64. The molecule has 0 unspecified atom stereocenters. The van der Waals surface area contributed by atoms with Gasteiger partial charge < -0.3 is 14.8 Å². The summed E-state index contributed by atoms with van der Waals surface area (Å²) < 4.78 is 5.98. The molecule has 0 bridgehead atoms. The van der Waals surface area contributed by atoms with Gasteiger partial charge in [0.05, 0.1) is 5.56 Å². The first-order valence-electron chi connectivity index (χ1n) is 9.33. The fourth-order valence-corrected chi connectivity index (χ4v) is 3.96. The Bertz CT molecular complexity index is 1030. The number of fused-ring (bicyclic) bond motifs is 1. The van der Waals surface area contributed by atoms with E-state index in [0.717, 1.165) is 30.2 Å². The summed E-state index contributed by atoms with van der Waals surface area (Å²) in [4.78, 5) is 24.8. The van der Waals surface area contributed by atoms with Crippen molar-refractivity contribution in [1.82, 2.24) is 5.32 Å². The van der Waals surface area contributed by atoms with Crippen molar-refractivity contribution >= 4 is 34.4 Å². The molecule has 1 fully saturated rings. The summed E-state index contributed by atoms with van der Waals surface area (Å²) >= 11 is 5.94. The van der Waals surface area contributed by atoms with Crippen molar-refractivity contribution in [3.63, 3.8) is 0 Å². The van der Waals surface area contributed by atoms with Gasteiger partial charge in [-0.2, -0.15) is 0 Å². The molecule has 28 heavy (non-hydrogen) atoms. The smallest absolute Gasteiger partial charge is 0.329 e. The van der Waals surface area contributed by atoms with E-state index in [0.29, 0.717) is 34.8 Å². The highest BCUT2D eigenvalue weighted by atomic mass is 35.5. The van der Waals surface area contributed by atoms with Crippen LogP contribution in [0.1, 0.15) is 42.5 Å². The second-order valence-electron chi connectivity index (χ2n) is 7.24. The van der Waals surface area contributed by atoms with Gasteiger partial charge in [-0.25, -0.2) is 4.79 Å². The van der Waals surface area contributed by atoms with Crippen molar-refractivity contribution < 1.29 is 19.1 Å². The molecule has 1 heterocycles. The molecule has 1 aliphatic rings. The summed E-state index contributed by atoms with van der Waals surface area (Å²) in [6.07, 6.45) is 3.45. The van der Waals surface area contributed by atoms with E-state index in [1.807, 2.05) is 24.3 Å². The van der Waals surface area contributed by atoms with E-state index in [-0.39, 0.29) is 0 Å². The lowest BCUT2D eigenvalue weighted by atomic mass is 9.81. The van der Waals surface area contributed by atoms with Crippen LogP contribution >= 0.6 is 11.6 Å². The summed E-state index contributed by atoms with van der Waals surface area (Å²) in [5.74, 6) is -0.779. The quantitative estimate of drug-likeness (QED) is 0.628. The maximum Gasteiger partial charge on any atom is 0.329 e. The standard InChI is InChI=1S/C22H20ClNO4/c23-16-9-7-14(8-10-16)18-13-15-5-4-6-17(19(15)28-18)20(25)24-22(21(26)27)11-2-1-3-12-22/h4-10,13H,1-3,11-12H2,(H,24,25)(H,26,27). The van der Waals surface area contributed by atoms with E-state index < -0.39 is 17.4 Å². The van der Waals surface area contributed by atoms with Crippen LogP contribution in [0.4, 0.5) is 0 Å². The Morgan fingerprint density at radius 1 is 1.04 bits per heavy atom. The van der Waals surface area contributed by atoms with Gasteiger partial charge in [0, 0.05) is 16.0 Å². The van der Waals surface area contributed by atoms with Crippen molar-refractivity contribution in [2.24, 2.45) is 0 Å². The van der Waals surface area contributed by atoms with E-state index >= 15 is 0 Å². The lowest BCUT2D eigenvalue weighted by molar-refractivity contribution is -0.145. The average Bonchev–Trinajstić information content (AvgIpc) is 3.13. The number of carbonyl (C=O) groups excluding carboxylic acids is 1. The zero-order valence-electron chi connectivity index (χ0n) is 15.2. The predicted octanol–water partition coefficient (Wildman–Crippen LogP) is 5.27. The zero-order valence-corrected chi connectivity index (χ0v) is 16.0. The average molecular weight is 398 g/mol. The minimum atomic E-state index is -1.21. The SMILES string of the molecule is O=C(NC1(C(=O)O)CCCCC1)c1cccc2cc(-c3ccc(Cl)cc3)oc12. The first-order chi connectivity index (χ1) is 13.5. The van der Waals surface area contributed by atoms with Crippen molar-refractivity contribution in [2.75, 3.05) is 0 Å². The Morgan fingerprint density at radius 3 is 2.43 bits per heavy atom. The number of hydrogen-bond acceptors (Lipinski definition) is 3. The fraction of sp³-hybridized carbons (Fsp3) is 0.273. The van der Waals surface area contributed by atoms with Crippen LogP contribution < -0.4 is 5.32 Å². The first-order valence-corrected chi connectivity index (χ1v) is 9.71. The number of furan rings is 1. The van der Waals surface area contributed by atoms with Gasteiger partial charge in [-0.05, 0) is 49.2 Å². The van der Waals surface area contributed by atoms with Crippen LogP contribution in [0.2, 0.25) is 5.02 Å². The van der Waals surface area contributed by atoms with Crippen LogP contribution in [0.3, 0.4) is 0 Å². The molecular formula is C22H20ClNO4. The van der Waals surface area contributed by atoms with Crippen LogP contribution in [-0.2, 0) is 4.79 Å². The zero-order chi connectivity index (χ0) is 19.7. The van der Waals surface area contributed by atoms with Crippen molar-refractivity contribution in [2.45, 2.75) is 37.6 Å². The molecule has 1 aliphatic carbocycles. The lowest BCUT2D eigenvalue weighted by Gasteiger charge is -2.33. The van der Waals surface area contributed by atoms with Crippen LogP contribution in [0.15, 0.2) is 52.9 Å². The molecule has 3 aromatic rings. The number of halogens is 1. The van der Waals surface area contributed by atoms with E-state index in [4.69, 9.17) is 16.0 Å². The molecule has 5 nitrogen and oxygen atoms in total. The molecule has 2 aromatic carbocycles. The maximum absolute atomic E-state index is 13.0. The Morgan fingerprint density at radius 2 is 1.75 bits per heavy atom. The Kier molecular flexibility index (Phi) is 4.85. The second-order valence-corrected chi connectivity index (χ2v) is 7.68. The summed E-state index contributed by atoms with van der Waals surface area (Å²) in [6.45, 7) is 0. The molecular weight excluding hydrogens is 378 g/mol. The third kappa shape index (κ3) is 3.38. The Hall–Kier alpha value is -2.79. The number of carboxylic acids is 1. The van der Waals surface area contributed by atoms with Gasteiger partial charge in [0.15, 0.2) is 0 Å². The normalized spacial score (nSPS) is 16.0. The third-order valence-electron chi connectivity index (χ3n) is 5.39. The largest absolute Gasteiger partial charge is 0.480 e. The van der Waals surface area contributed by atoms with E-state index in [9.17, 15) is 14.7 Å². The van der Waals surface area contributed by atoms with Gasteiger partial charge in [-0.15, -0.1) is 0 Å². The van der Waals surface area contributed by atoms with Crippen LogP contribution in [-0.4, -0.2) is 22.5 Å². The van der Waals surface area contributed by atoms with Gasteiger partial charge >= 0.3 is 5.97 Å². The number of benzene rings is 2. The number of carboxylic acid groups (broad SMARTS) is 1. The molecule has 1 amide bonds. The summed E-state index contributed by atoms with van der Waals surface area (Å²) in [5, 5.41) is 13.9. The summed E-state index contributed by atoms with van der Waals surface area (Å²) in [5.41, 5.74) is 0.426.